The number of carboxylic acid groups (broad SMARTS) is 1. The van der Waals surface area contributed by atoms with Gasteiger partial charge in [0.15, 0.2) is 0 Å². The number of rotatable bonds is 4. The van der Waals surface area contributed by atoms with Crippen molar-refractivity contribution in [2.24, 2.45) is 5.73 Å². The molecule has 2 rings (SSSR count). The van der Waals surface area contributed by atoms with Crippen LogP contribution in [0.2, 0.25) is 0 Å². The summed E-state index contributed by atoms with van der Waals surface area (Å²) in [6.45, 7) is 2.17. The molecule has 18 heavy (non-hydrogen) atoms. The first-order valence-electron chi connectivity index (χ1n) is 5.48. The first kappa shape index (κ1) is 12.1. The largest absolute Gasteiger partial charge is 0.478 e. The summed E-state index contributed by atoms with van der Waals surface area (Å²) in [4.78, 5) is 26.1. The van der Waals surface area contributed by atoms with E-state index < -0.39 is 11.9 Å². The van der Waals surface area contributed by atoms with Crippen molar-refractivity contribution in [3.63, 3.8) is 0 Å². The maximum Gasteiger partial charge on any atom is 0.337 e. The highest BCUT2D eigenvalue weighted by Crippen LogP contribution is 2.20. The lowest BCUT2D eigenvalue weighted by Gasteiger charge is -2.04. The molecular weight excluding hydrogens is 234 g/mol. The molecule has 6 nitrogen and oxygen atoms in total. The van der Waals surface area contributed by atoms with E-state index >= 15 is 0 Å². The smallest absolute Gasteiger partial charge is 0.337 e. The number of nitrogens with two attached hydrogens (primary N) is 1. The van der Waals surface area contributed by atoms with Gasteiger partial charge in [0.1, 0.15) is 11.3 Å². The van der Waals surface area contributed by atoms with Gasteiger partial charge < -0.3 is 15.4 Å². The molecule has 6 heteroatoms. The van der Waals surface area contributed by atoms with E-state index in [0.29, 0.717) is 23.4 Å². The minimum absolute atomic E-state index is 0.161. The van der Waals surface area contributed by atoms with Gasteiger partial charge in [-0.05, 0) is 19.1 Å². The van der Waals surface area contributed by atoms with Crippen molar-refractivity contribution in [1.29, 1.82) is 0 Å². The minimum Gasteiger partial charge on any atom is -0.478 e. The first-order chi connectivity index (χ1) is 8.50. The SMILES string of the molecule is Cc1nc2c(C(=O)O)cccc2n1CCC(N)=O. The van der Waals surface area contributed by atoms with Gasteiger partial charge in [-0.1, -0.05) is 6.07 Å². The number of carboxylic acids is 1. The molecule has 0 fully saturated rings. The molecule has 0 aliphatic heterocycles. The molecule has 0 saturated heterocycles. The van der Waals surface area contributed by atoms with Crippen molar-refractivity contribution in [1.82, 2.24) is 9.55 Å². The summed E-state index contributed by atoms with van der Waals surface area (Å²) in [5.74, 6) is -0.745. The van der Waals surface area contributed by atoms with E-state index in [1.165, 1.54) is 6.07 Å². The quantitative estimate of drug-likeness (QED) is 0.839. The summed E-state index contributed by atoms with van der Waals surface area (Å²) in [5, 5.41) is 9.08. The molecule has 0 spiro atoms. The fourth-order valence-electron chi connectivity index (χ4n) is 1.94. The lowest BCUT2D eigenvalue weighted by atomic mass is 10.2. The van der Waals surface area contributed by atoms with Crippen LogP contribution in [0.25, 0.3) is 11.0 Å². The van der Waals surface area contributed by atoms with Crippen LogP contribution >= 0.6 is 0 Å². The average molecular weight is 247 g/mol. The number of hydrogen-bond acceptors (Lipinski definition) is 3. The van der Waals surface area contributed by atoms with Crippen LogP contribution in [0.3, 0.4) is 0 Å². The molecule has 1 amide bonds. The van der Waals surface area contributed by atoms with Crippen LogP contribution in [0.5, 0.6) is 0 Å². The Morgan fingerprint density at radius 2 is 2.17 bits per heavy atom. The number of nitrogens with zero attached hydrogens (tertiary/aromatic N) is 2. The summed E-state index contributed by atoms with van der Waals surface area (Å²) in [6.07, 6.45) is 0.198. The third-order valence-corrected chi connectivity index (χ3v) is 2.78. The molecule has 0 aliphatic rings. The van der Waals surface area contributed by atoms with Gasteiger partial charge in [-0.3, -0.25) is 4.79 Å². The number of aryl methyl sites for hydroxylation is 2. The van der Waals surface area contributed by atoms with E-state index in [4.69, 9.17) is 10.8 Å². The maximum atomic E-state index is 11.1. The van der Waals surface area contributed by atoms with Crippen LogP contribution in [0.15, 0.2) is 18.2 Å². The summed E-state index contributed by atoms with van der Waals surface area (Å²) < 4.78 is 1.80. The van der Waals surface area contributed by atoms with Crippen LogP contribution < -0.4 is 5.73 Å². The number of aromatic nitrogens is 2. The molecule has 1 aromatic heterocycles. The van der Waals surface area contributed by atoms with Gasteiger partial charge >= 0.3 is 5.97 Å². The second kappa shape index (κ2) is 4.48. The van der Waals surface area contributed by atoms with Gasteiger partial charge in [0.05, 0.1) is 11.1 Å². The fraction of sp³-hybridized carbons (Fsp3) is 0.250. The molecule has 0 saturated carbocycles. The molecule has 1 aromatic carbocycles. The summed E-state index contributed by atoms with van der Waals surface area (Å²) in [5.41, 5.74) is 6.41. The molecule has 0 unspecified atom stereocenters. The predicted octanol–water partition coefficient (Wildman–Crippen LogP) is 0.918. The number of primary amides is 1. The maximum absolute atomic E-state index is 11.1. The molecular formula is C12H13N3O3. The highest BCUT2D eigenvalue weighted by atomic mass is 16.4. The topological polar surface area (TPSA) is 98.2 Å². The van der Waals surface area contributed by atoms with E-state index in [1.54, 1.807) is 23.6 Å². The summed E-state index contributed by atoms with van der Waals surface area (Å²) >= 11 is 0. The number of para-hydroxylation sites is 1. The van der Waals surface area contributed by atoms with Gasteiger partial charge in [-0.25, -0.2) is 9.78 Å². The van der Waals surface area contributed by atoms with Crippen molar-refractivity contribution in [2.45, 2.75) is 19.9 Å². The second-order valence-corrected chi connectivity index (χ2v) is 4.01. The van der Waals surface area contributed by atoms with E-state index in [1.807, 2.05) is 0 Å². The van der Waals surface area contributed by atoms with Crippen molar-refractivity contribution in [2.75, 3.05) is 0 Å². The van der Waals surface area contributed by atoms with E-state index in [2.05, 4.69) is 4.98 Å². The lowest BCUT2D eigenvalue weighted by Crippen LogP contribution is -2.14. The monoisotopic (exact) mass is 247 g/mol. The Kier molecular flexibility index (Phi) is 3.01. The number of carbonyl (C=O) groups is 2. The van der Waals surface area contributed by atoms with E-state index in [9.17, 15) is 9.59 Å². The van der Waals surface area contributed by atoms with Crippen molar-refractivity contribution in [3.8, 4) is 0 Å². The number of benzene rings is 1. The van der Waals surface area contributed by atoms with Crippen LogP contribution in [-0.2, 0) is 11.3 Å². The molecule has 1 heterocycles. The number of imidazole rings is 1. The number of aromatic carboxylic acids is 1. The van der Waals surface area contributed by atoms with Crippen LogP contribution in [0.4, 0.5) is 0 Å². The van der Waals surface area contributed by atoms with Crippen molar-refractivity contribution < 1.29 is 14.7 Å². The standard InChI is InChI=1S/C12H13N3O3/c1-7-14-11-8(12(17)18)3-2-4-9(11)15(7)6-5-10(13)16/h2-4H,5-6H2,1H3,(H2,13,16)(H,17,18). The molecule has 0 bridgehead atoms. The van der Waals surface area contributed by atoms with Gasteiger partial charge in [0, 0.05) is 13.0 Å². The van der Waals surface area contributed by atoms with Crippen LogP contribution in [0.1, 0.15) is 22.6 Å². The van der Waals surface area contributed by atoms with Gasteiger partial charge in [0.2, 0.25) is 5.91 Å². The highest BCUT2D eigenvalue weighted by Gasteiger charge is 2.14. The number of carbonyl (C=O) groups excluding carboxylic acids is 1. The molecule has 2 aromatic rings. The first-order valence-corrected chi connectivity index (χ1v) is 5.48. The third-order valence-electron chi connectivity index (χ3n) is 2.78. The molecule has 0 atom stereocenters. The second-order valence-electron chi connectivity index (χ2n) is 4.01. The Balaban J connectivity index is 2.54. The Morgan fingerprint density at radius 3 is 2.78 bits per heavy atom. The van der Waals surface area contributed by atoms with Crippen molar-refractivity contribution >= 4 is 22.9 Å². The zero-order valence-corrected chi connectivity index (χ0v) is 9.88. The van der Waals surface area contributed by atoms with Crippen LogP contribution in [-0.4, -0.2) is 26.5 Å². The molecule has 94 valence electrons. The molecule has 0 radical (unpaired) electrons. The molecule has 0 aliphatic carbocycles. The van der Waals surface area contributed by atoms with E-state index in [-0.39, 0.29) is 12.0 Å². The zero-order chi connectivity index (χ0) is 13.3. The third kappa shape index (κ3) is 2.04. The van der Waals surface area contributed by atoms with E-state index in [0.717, 1.165) is 0 Å². The number of fused-ring (bicyclic) bond motifs is 1. The van der Waals surface area contributed by atoms with Crippen LogP contribution in [0, 0.1) is 6.92 Å². The van der Waals surface area contributed by atoms with Gasteiger partial charge in [-0.2, -0.15) is 0 Å². The lowest BCUT2D eigenvalue weighted by molar-refractivity contribution is -0.118. The van der Waals surface area contributed by atoms with Gasteiger partial charge in [-0.15, -0.1) is 0 Å². The zero-order valence-electron chi connectivity index (χ0n) is 9.88. The normalized spacial score (nSPS) is 10.7. The molecule has 3 N–H and O–H groups in total. The van der Waals surface area contributed by atoms with Gasteiger partial charge in [0.25, 0.3) is 0 Å². The predicted molar refractivity (Wildman–Crippen MR) is 65.2 cm³/mol. The Bertz CT molecular complexity index is 631. The number of amides is 1. The number of hydrogen-bond donors (Lipinski definition) is 2. The summed E-state index contributed by atoms with van der Waals surface area (Å²) in [7, 11) is 0. The fourth-order valence-corrected chi connectivity index (χ4v) is 1.94. The Labute approximate surface area is 103 Å². The summed E-state index contributed by atoms with van der Waals surface area (Å²) in [6, 6.07) is 4.95. The van der Waals surface area contributed by atoms with Crippen molar-refractivity contribution in [3.05, 3.63) is 29.6 Å². The Hall–Kier alpha value is -2.37. The minimum atomic E-state index is -1.01. The Morgan fingerprint density at radius 1 is 1.44 bits per heavy atom. The average Bonchev–Trinajstić information content (AvgIpc) is 2.61. The highest BCUT2D eigenvalue weighted by molar-refractivity contribution is 6.01.